The lowest BCUT2D eigenvalue weighted by Gasteiger charge is -2.22. The Balaban J connectivity index is 1.96. The summed E-state index contributed by atoms with van der Waals surface area (Å²) in [5.74, 6) is 0.261. The SMILES string of the molecule is O=C1C=CN(C2CCCC2)C1. The Hall–Kier alpha value is -0.790. The molecule has 2 heteroatoms. The van der Waals surface area contributed by atoms with Crippen molar-refractivity contribution in [2.45, 2.75) is 31.7 Å². The molecule has 11 heavy (non-hydrogen) atoms. The Kier molecular flexibility index (Phi) is 1.68. The van der Waals surface area contributed by atoms with Crippen molar-refractivity contribution in [2.24, 2.45) is 0 Å². The number of nitrogens with zero attached hydrogens (tertiary/aromatic N) is 1. The van der Waals surface area contributed by atoms with Gasteiger partial charge >= 0.3 is 0 Å². The minimum absolute atomic E-state index is 0.261. The number of carbonyl (C=O) groups is 1. The predicted octanol–water partition coefficient (Wildman–Crippen LogP) is 1.33. The molecule has 1 fully saturated rings. The maximum absolute atomic E-state index is 10.9. The van der Waals surface area contributed by atoms with Crippen LogP contribution in [0, 0.1) is 0 Å². The molecule has 0 saturated heterocycles. The molecule has 2 aliphatic rings. The van der Waals surface area contributed by atoms with Crippen LogP contribution in [0.25, 0.3) is 0 Å². The van der Waals surface area contributed by atoms with E-state index in [2.05, 4.69) is 4.90 Å². The highest BCUT2D eigenvalue weighted by Gasteiger charge is 2.23. The van der Waals surface area contributed by atoms with E-state index >= 15 is 0 Å². The quantitative estimate of drug-likeness (QED) is 0.563. The second kappa shape index (κ2) is 2.68. The van der Waals surface area contributed by atoms with E-state index in [1.807, 2.05) is 6.20 Å². The first kappa shape index (κ1) is 6.89. The molecule has 0 amide bonds. The first-order chi connectivity index (χ1) is 5.36. The zero-order valence-electron chi connectivity index (χ0n) is 6.62. The third kappa shape index (κ3) is 1.30. The van der Waals surface area contributed by atoms with Gasteiger partial charge in [0.1, 0.15) is 0 Å². The van der Waals surface area contributed by atoms with Crippen LogP contribution in [-0.2, 0) is 4.79 Å². The van der Waals surface area contributed by atoms with Gasteiger partial charge < -0.3 is 4.90 Å². The fraction of sp³-hybridized carbons (Fsp3) is 0.667. The highest BCUT2D eigenvalue weighted by Crippen LogP contribution is 2.24. The summed E-state index contributed by atoms with van der Waals surface area (Å²) < 4.78 is 0. The number of hydrogen-bond acceptors (Lipinski definition) is 2. The van der Waals surface area contributed by atoms with Crippen LogP contribution in [-0.4, -0.2) is 23.3 Å². The first-order valence-electron chi connectivity index (χ1n) is 4.33. The summed E-state index contributed by atoms with van der Waals surface area (Å²) in [6.45, 7) is 0.630. The fourth-order valence-corrected chi connectivity index (χ4v) is 1.95. The van der Waals surface area contributed by atoms with Crippen LogP contribution in [0.4, 0.5) is 0 Å². The Morgan fingerprint density at radius 2 is 2.09 bits per heavy atom. The molecular formula is C9H13NO. The Labute approximate surface area is 66.9 Å². The first-order valence-corrected chi connectivity index (χ1v) is 4.33. The summed E-state index contributed by atoms with van der Waals surface area (Å²) in [5, 5.41) is 0. The van der Waals surface area contributed by atoms with Crippen LogP contribution < -0.4 is 0 Å². The van der Waals surface area contributed by atoms with Crippen LogP contribution in [0.3, 0.4) is 0 Å². The van der Waals surface area contributed by atoms with Crippen LogP contribution in [0.5, 0.6) is 0 Å². The van der Waals surface area contributed by atoms with Gasteiger partial charge in [0.15, 0.2) is 5.78 Å². The lowest BCUT2D eigenvalue weighted by Crippen LogP contribution is -2.28. The van der Waals surface area contributed by atoms with E-state index in [1.54, 1.807) is 6.08 Å². The second-order valence-electron chi connectivity index (χ2n) is 3.39. The molecule has 0 atom stereocenters. The Morgan fingerprint density at radius 1 is 1.36 bits per heavy atom. The van der Waals surface area contributed by atoms with Crippen molar-refractivity contribution < 1.29 is 4.79 Å². The van der Waals surface area contributed by atoms with Gasteiger partial charge in [-0.3, -0.25) is 4.79 Å². The van der Waals surface area contributed by atoms with Crippen molar-refractivity contribution in [3.63, 3.8) is 0 Å². The molecule has 0 N–H and O–H groups in total. The summed E-state index contributed by atoms with van der Waals surface area (Å²) in [4.78, 5) is 13.1. The number of ketones is 1. The van der Waals surface area contributed by atoms with E-state index < -0.39 is 0 Å². The van der Waals surface area contributed by atoms with E-state index in [1.165, 1.54) is 25.7 Å². The monoisotopic (exact) mass is 151 g/mol. The maximum Gasteiger partial charge on any atom is 0.176 e. The molecule has 0 aromatic heterocycles. The zero-order valence-corrected chi connectivity index (χ0v) is 6.62. The van der Waals surface area contributed by atoms with Gasteiger partial charge in [0.05, 0.1) is 6.54 Å². The molecule has 0 bridgehead atoms. The van der Waals surface area contributed by atoms with Gasteiger partial charge in [-0.2, -0.15) is 0 Å². The molecule has 2 rings (SSSR count). The number of carbonyl (C=O) groups excluding carboxylic acids is 1. The van der Waals surface area contributed by atoms with Gasteiger partial charge in [0.25, 0.3) is 0 Å². The molecule has 0 aromatic rings. The number of hydrogen-bond donors (Lipinski definition) is 0. The molecule has 0 aromatic carbocycles. The van der Waals surface area contributed by atoms with E-state index in [-0.39, 0.29) is 5.78 Å². The minimum atomic E-state index is 0.261. The summed E-state index contributed by atoms with van der Waals surface area (Å²) >= 11 is 0. The largest absolute Gasteiger partial charge is 0.367 e. The minimum Gasteiger partial charge on any atom is -0.367 e. The van der Waals surface area contributed by atoms with Gasteiger partial charge in [0.2, 0.25) is 0 Å². The zero-order chi connectivity index (χ0) is 7.68. The summed E-state index contributed by atoms with van der Waals surface area (Å²) in [7, 11) is 0. The third-order valence-corrected chi connectivity index (χ3v) is 2.58. The lowest BCUT2D eigenvalue weighted by molar-refractivity contribution is -0.114. The van der Waals surface area contributed by atoms with Gasteiger partial charge in [0, 0.05) is 12.2 Å². The van der Waals surface area contributed by atoms with Gasteiger partial charge in [-0.25, -0.2) is 0 Å². The normalized spacial score (nSPS) is 25.5. The average Bonchev–Trinajstić information content (AvgIpc) is 2.55. The molecule has 2 nitrogen and oxygen atoms in total. The predicted molar refractivity (Wildman–Crippen MR) is 43.1 cm³/mol. The van der Waals surface area contributed by atoms with Crippen molar-refractivity contribution in [3.8, 4) is 0 Å². The molecule has 1 saturated carbocycles. The third-order valence-electron chi connectivity index (χ3n) is 2.58. The van der Waals surface area contributed by atoms with Crippen molar-refractivity contribution in [1.29, 1.82) is 0 Å². The molecule has 1 aliphatic heterocycles. The van der Waals surface area contributed by atoms with Crippen molar-refractivity contribution in [1.82, 2.24) is 4.90 Å². The molecule has 0 unspecified atom stereocenters. The van der Waals surface area contributed by atoms with Crippen molar-refractivity contribution >= 4 is 5.78 Å². The van der Waals surface area contributed by atoms with Crippen molar-refractivity contribution in [3.05, 3.63) is 12.3 Å². The van der Waals surface area contributed by atoms with Crippen LogP contribution in [0.2, 0.25) is 0 Å². The lowest BCUT2D eigenvalue weighted by atomic mass is 10.2. The van der Waals surface area contributed by atoms with Crippen LogP contribution in [0.15, 0.2) is 12.3 Å². The Morgan fingerprint density at radius 3 is 2.64 bits per heavy atom. The molecule has 0 spiro atoms. The smallest absolute Gasteiger partial charge is 0.176 e. The van der Waals surface area contributed by atoms with Crippen molar-refractivity contribution in [2.75, 3.05) is 6.54 Å². The molecule has 60 valence electrons. The van der Waals surface area contributed by atoms with E-state index in [4.69, 9.17) is 0 Å². The van der Waals surface area contributed by atoms with E-state index in [0.29, 0.717) is 12.6 Å². The topological polar surface area (TPSA) is 20.3 Å². The highest BCUT2D eigenvalue weighted by molar-refractivity contribution is 5.93. The number of rotatable bonds is 1. The van der Waals surface area contributed by atoms with Gasteiger partial charge in [-0.15, -0.1) is 0 Å². The molecular weight excluding hydrogens is 138 g/mol. The molecule has 1 heterocycles. The average molecular weight is 151 g/mol. The van der Waals surface area contributed by atoms with E-state index in [0.717, 1.165) is 0 Å². The molecule has 0 radical (unpaired) electrons. The standard InChI is InChI=1S/C9H13NO/c11-9-5-6-10(7-9)8-3-1-2-4-8/h5-6,8H,1-4,7H2. The van der Waals surface area contributed by atoms with Crippen LogP contribution >= 0.6 is 0 Å². The Bertz CT molecular complexity index is 192. The van der Waals surface area contributed by atoms with Crippen LogP contribution in [0.1, 0.15) is 25.7 Å². The fourth-order valence-electron chi connectivity index (χ4n) is 1.95. The van der Waals surface area contributed by atoms with E-state index in [9.17, 15) is 4.79 Å². The maximum atomic E-state index is 10.9. The molecule has 1 aliphatic carbocycles. The highest BCUT2D eigenvalue weighted by atomic mass is 16.1. The summed E-state index contributed by atoms with van der Waals surface area (Å²) in [5.41, 5.74) is 0. The second-order valence-corrected chi connectivity index (χ2v) is 3.39. The van der Waals surface area contributed by atoms with Gasteiger partial charge in [-0.1, -0.05) is 12.8 Å². The van der Waals surface area contributed by atoms with Gasteiger partial charge in [-0.05, 0) is 18.9 Å². The summed E-state index contributed by atoms with van der Waals surface area (Å²) in [6, 6.07) is 0.665. The summed E-state index contributed by atoms with van der Waals surface area (Å²) in [6.07, 6.45) is 8.87.